The summed E-state index contributed by atoms with van der Waals surface area (Å²) in [6, 6.07) is 32.3. The molecule has 0 unspecified atom stereocenters. The lowest BCUT2D eigenvalue weighted by molar-refractivity contribution is -0.137. The number of nitrogens with one attached hydrogen (secondary N) is 1. The topological polar surface area (TPSA) is 64.2 Å². The number of aromatic amines is 1. The molecule has 0 spiro atoms. The van der Waals surface area contributed by atoms with Gasteiger partial charge < -0.3 is 14.5 Å². The van der Waals surface area contributed by atoms with Crippen LogP contribution in [0, 0.1) is 0 Å². The summed E-state index contributed by atoms with van der Waals surface area (Å²) in [5.41, 5.74) is 5.63. The number of hydrogen-bond donors (Lipinski definition) is 1. The van der Waals surface area contributed by atoms with Crippen molar-refractivity contribution in [2.24, 2.45) is 0 Å². The Morgan fingerprint density at radius 3 is 1.94 bits per heavy atom. The van der Waals surface area contributed by atoms with Crippen molar-refractivity contribution in [3.8, 4) is 45.1 Å². The molecular formula is C38H27Cl2F3N2O3. The molecule has 0 radical (unpaired) electrons. The summed E-state index contributed by atoms with van der Waals surface area (Å²) in [5, 5.41) is 0.978. The molecule has 1 N–H and O–H groups in total. The summed E-state index contributed by atoms with van der Waals surface area (Å²) in [4.78, 5) is 20.6. The van der Waals surface area contributed by atoms with Gasteiger partial charge in [-0.1, -0.05) is 71.7 Å². The standard InChI is InChI=1S/C38H27Cl2F3N2O3/c1-2-47-37(46)27-9-7-26(8-10-27)35-36(32-20-15-29(39)22-33(32)40)45-34(44-35)21-23-3-5-24(6-4-23)25-11-16-30(17-12-25)48-31-18-13-28(14-19-31)38(41,42)43/h3-20,22H,2,21H2,1H3,(H,44,45). The van der Waals surface area contributed by atoms with Crippen LogP contribution in [0.1, 0.15) is 34.2 Å². The van der Waals surface area contributed by atoms with Gasteiger partial charge in [0.05, 0.1) is 34.1 Å². The Morgan fingerprint density at radius 1 is 0.771 bits per heavy atom. The Hall–Kier alpha value is -5.05. The number of imidazole rings is 1. The van der Waals surface area contributed by atoms with Gasteiger partial charge in [-0.3, -0.25) is 0 Å². The van der Waals surface area contributed by atoms with Crippen LogP contribution < -0.4 is 4.74 Å². The molecule has 0 amide bonds. The van der Waals surface area contributed by atoms with E-state index < -0.39 is 11.7 Å². The van der Waals surface area contributed by atoms with Crippen molar-refractivity contribution in [3.63, 3.8) is 0 Å². The fourth-order valence-electron chi connectivity index (χ4n) is 5.15. The zero-order valence-corrected chi connectivity index (χ0v) is 27.0. The third-order valence-electron chi connectivity index (χ3n) is 7.55. The minimum atomic E-state index is -4.40. The Kier molecular flexibility index (Phi) is 9.57. The SMILES string of the molecule is CCOC(=O)c1ccc(-c2[nH]c(Cc3ccc(-c4ccc(Oc5ccc(C(F)(F)F)cc5)cc4)cc3)nc2-c2ccc(Cl)cc2Cl)cc1. The zero-order valence-electron chi connectivity index (χ0n) is 25.4. The van der Waals surface area contributed by atoms with Gasteiger partial charge in [-0.2, -0.15) is 13.2 Å². The molecule has 1 heterocycles. The van der Waals surface area contributed by atoms with E-state index in [0.717, 1.165) is 45.9 Å². The Balaban J connectivity index is 1.20. The lowest BCUT2D eigenvalue weighted by atomic mass is 10.0. The third-order valence-corrected chi connectivity index (χ3v) is 8.10. The molecule has 6 aromatic rings. The van der Waals surface area contributed by atoms with Crippen molar-refractivity contribution in [1.29, 1.82) is 0 Å². The van der Waals surface area contributed by atoms with Crippen LogP contribution >= 0.6 is 23.2 Å². The lowest BCUT2D eigenvalue weighted by Gasteiger charge is -2.10. The van der Waals surface area contributed by atoms with Gasteiger partial charge in [-0.25, -0.2) is 9.78 Å². The van der Waals surface area contributed by atoms with Crippen molar-refractivity contribution in [1.82, 2.24) is 9.97 Å². The highest BCUT2D eigenvalue weighted by molar-refractivity contribution is 6.36. The molecule has 48 heavy (non-hydrogen) atoms. The van der Waals surface area contributed by atoms with Crippen LogP contribution in [-0.4, -0.2) is 22.5 Å². The van der Waals surface area contributed by atoms with Gasteiger partial charge in [0.25, 0.3) is 0 Å². The first-order valence-corrected chi connectivity index (χ1v) is 15.7. The number of nitrogens with zero attached hydrogens (tertiary/aromatic N) is 1. The molecule has 0 aliphatic carbocycles. The summed E-state index contributed by atoms with van der Waals surface area (Å²) < 4.78 is 49.4. The van der Waals surface area contributed by atoms with Crippen LogP contribution in [-0.2, 0) is 17.3 Å². The predicted molar refractivity (Wildman–Crippen MR) is 182 cm³/mol. The van der Waals surface area contributed by atoms with Gasteiger partial charge in [-0.15, -0.1) is 0 Å². The van der Waals surface area contributed by atoms with Gasteiger partial charge in [-0.05, 0) is 90.3 Å². The number of hydrogen-bond acceptors (Lipinski definition) is 4. The second-order valence-electron chi connectivity index (χ2n) is 10.9. The molecule has 5 aromatic carbocycles. The number of carbonyl (C=O) groups is 1. The molecule has 0 aliphatic rings. The molecule has 0 atom stereocenters. The van der Waals surface area contributed by atoms with Crippen LogP contribution in [0.25, 0.3) is 33.6 Å². The van der Waals surface area contributed by atoms with Crippen LogP contribution in [0.3, 0.4) is 0 Å². The average molecular weight is 688 g/mol. The molecule has 1 aromatic heterocycles. The fraction of sp³-hybridized carbons (Fsp3) is 0.105. The van der Waals surface area contributed by atoms with E-state index in [0.29, 0.717) is 51.4 Å². The Morgan fingerprint density at radius 2 is 1.35 bits per heavy atom. The van der Waals surface area contributed by atoms with Gasteiger partial charge in [0, 0.05) is 22.6 Å². The van der Waals surface area contributed by atoms with E-state index in [2.05, 4.69) is 4.98 Å². The largest absolute Gasteiger partial charge is 0.462 e. The van der Waals surface area contributed by atoms with E-state index in [1.165, 1.54) is 12.1 Å². The summed E-state index contributed by atoms with van der Waals surface area (Å²) in [6.45, 7) is 2.05. The number of rotatable bonds is 9. The van der Waals surface area contributed by atoms with Gasteiger partial charge >= 0.3 is 12.1 Å². The van der Waals surface area contributed by atoms with Crippen molar-refractivity contribution < 1.29 is 27.4 Å². The summed E-state index contributed by atoms with van der Waals surface area (Å²) in [6.07, 6.45) is -3.88. The van der Waals surface area contributed by atoms with Gasteiger partial charge in [0.15, 0.2) is 0 Å². The molecule has 0 saturated carbocycles. The first-order chi connectivity index (χ1) is 23.1. The number of alkyl halides is 3. The number of ether oxygens (including phenoxy) is 2. The maximum Gasteiger partial charge on any atom is 0.416 e. The van der Waals surface area contributed by atoms with Crippen LogP contribution in [0.2, 0.25) is 10.0 Å². The smallest absolute Gasteiger partial charge is 0.416 e. The number of halogens is 5. The van der Waals surface area contributed by atoms with Crippen LogP contribution in [0.4, 0.5) is 13.2 Å². The molecule has 6 rings (SSSR count). The monoisotopic (exact) mass is 686 g/mol. The molecule has 0 bridgehead atoms. The first kappa shape index (κ1) is 32.9. The molecule has 0 saturated heterocycles. The lowest BCUT2D eigenvalue weighted by Crippen LogP contribution is -2.04. The van der Waals surface area contributed by atoms with E-state index in [1.54, 1.807) is 43.3 Å². The normalized spacial score (nSPS) is 11.4. The number of benzene rings is 5. The Labute approximate surface area is 284 Å². The zero-order chi connectivity index (χ0) is 33.8. The number of carbonyl (C=O) groups excluding carboxylic acids is 1. The highest BCUT2D eigenvalue weighted by Gasteiger charge is 2.30. The quantitative estimate of drug-likeness (QED) is 0.154. The molecule has 10 heteroatoms. The third kappa shape index (κ3) is 7.56. The second-order valence-corrected chi connectivity index (χ2v) is 11.7. The highest BCUT2D eigenvalue weighted by atomic mass is 35.5. The van der Waals surface area contributed by atoms with Crippen molar-refractivity contribution >= 4 is 29.2 Å². The van der Waals surface area contributed by atoms with E-state index in [9.17, 15) is 18.0 Å². The first-order valence-electron chi connectivity index (χ1n) is 14.9. The molecule has 242 valence electrons. The van der Waals surface area contributed by atoms with Crippen molar-refractivity contribution in [2.75, 3.05) is 6.61 Å². The summed E-state index contributed by atoms with van der Waals surface area (Å²) in [5.74, 6) is 1.16. The van der Waals surface area contributed by atoms with E-state index in [1.807, 2.05) is 54.6 Å². The Bertz CT molecular complexity index is 2040. The molecule has 0 fully saturated rings. The van der Waals surface area contributed by atoms with E-state index in [-0.39, 0.29) is 5.97 Å². The predicted octanol–water partition coefficient (Wildman–Crippen LogP) is 11.3. The maximum absolute atomic E-state index is 12.8. The van der Waals surface area contributed by atoms with Gasteiger partial charge in [0.1, 0.15) is 17.3 Å². The number of aromatic nitrogens is 2. The van der Waals surface area contributed by atoms with Crippen LogP contribution in [0.15, 0.2) is 115 Å². The molecule has 0 aliphatic heterocycles. The minimum absolute atomic E-state index is 0.292. The summed E-state index contributed by atoms with van der Waals surface area (Å²) >= 11 is 12.8. The average Bonchev–Trinajstić information content (AvgIpc) is 3.48. The van der Waals surface area contributed by atoms with Crippen molar-refractivity contribution in [2.45, 2.75) is 19.5 Å². The molecule has 5 nitrogen and oxygen atoms in total. The summed E-state index contributed by atoms with van der Waals surface area (Å²) in [7, 11) is 0. The maximum atomic E-state index is 12.8. The van der Waals surface area contributed by atoms with E-state index >= 15 is 0 Å². The number of H-pyrrole nitrogens is 1. The minimum Gasteiger partial charge on any atom is -0.462 e. The van der Waals surface area contributed by atoms with Crippen LogP contribution in [0.5, 0.6) is 11.5 Å². The van der Waals surface area contributed by atoms with Gasteiger partial charge in [0.2, 0.25) is 0 Å². The number of esters is 1. The second kappa shape index (κ2) is 14.0. The van der Waals surface area contributed by atoms with E-state index in [4.69, 9.17) is 37.7 Å². The highest BCUT2D eigenvalue weighted by Crippen LogP contribution is 2.37. The van der Waals surface area contributed by atoms with Crippen molar-refractivity contribution in [3.05, 3.63) is 148 Å². The molecular weight excluding hydrogens is 660 g/mol. The fourth-order valence-corrected chi connectivity index (χ4v) is 5.65.